The van der Waals surface area contributed by atoms with E-state index < -0.39 is 0 Å². The van der Waals surface area contributed by atoms with Crippen molar-refractivity contribution in [2.24, 2.45) is 0 Å². The van der Waals surface area contributed by atoms with Gasteiger partial charge in [0.2, 0.25) is 0 Å². The van der Waals surface area contributed by atoms with Gasteiger partial charge in [0, 0.05) is 43.7 Å². The van der Waals surface area contributed by atoms with Crippen molar-refractivity contribution in [1.29, 1.82) is 5.26 Å². The van der Waals surface area contributed by atoms with Gasteiger partial charge in [0.1, 0.15) is 11.2 Å². The number of hydrogen-bond donors (Lipinski definition) is 0. The number of rotatable bonds is 3. The molecule has 0 spiro atoms. The zero-order valence-corrected chi connectivity index (χ0v) is 25.2. The maximum atomic E-state index is 9.56. The molecule has 0 bridgehead atoms. The molecule has 7 aromatic carbocycles. The van der Waals surface area contributed by atoms with Gasteiger partial charge in [-0.05, 0) is 83.9 Å². The average Bonchev–Trinajstić information content (AvgIpc) is 3.77. The minimum atomic E-state index is 0.622. The second-order valence-corrected chi connectivity index (χ2v) is 12.1. The Morgan fingerprint density at radius 1 is 0.404 bits per heavy atom. The molecule has 47 heavy (non-hydrogen) atoms. The lowest BCUT2D eigenvalue weighted by molar-refractivity contribution is 0.669. The molecule has 3 aromatic heterocycles. The summed E-state index contributed by atoms with van der Waals surface area (Å²) < 4.78 is 11.0. The van der Waals surface area contributed by atoms with Gasteiger partial charge >= 0.3 is 0 Å². The van der Waals surface area contributed by atoms with Crippen molar-refractivity contribution in [2.45, 2.75) is 0 Å². The molecule has 0 fully saturated rings. The number of benzene rings is 7. The van der Waals surface area contributed by atoms with Gasteiger partial charge < -0.3 is 13.6 Å². The molecule has 0 amide bonds. The van der Waals surface area contributed by atoms with Crippen LogP contribution in [0.5, 0.6) is 0 Å². The first-order valence-electron chi connectivity index (χ1n) is 15.7. The third-order valence-electron chi connectivity index (χ3n) is 9.51. The Morgan fingerprint density at radius 3 is 1.53 bits per heavy atom. The van der Waals surface area contributed by atoms with E-state index in [9.17, 15) is 5.26 Å². The highest BCUT2D eigenvalue weighted by molar-refractivity contribution is 6.17. The van der Waals surface area contributed by atoms with Crippen LogP contribution in [0.1, 0.15) is 5.56 Å². The van der Waals surface area contributed by atoms with Crippen molar-refractivity contribution in [1.82, 2.24) is 9.13 Å². The number of para-hydroxylation sites is 3. The van der Waals surface area contributed by atoms with Gasteiger partial charge in [0.05, 0.1) is 33.7 Å². The molecule has 0 unspecified atom stereocenters. The highest BCUT2D eigenvalue weighted by atomic mass is 16.3. The smallest absolute Gasteiger partial charge is 0.136 e. The molecule has 4 nitrogen and oxygen atoms in total. The van der Waals surface area contributed by atoms with Crippen LogP contribution in [0, 0.1) is 11.3 Å². The first-order valence-corrected chi connectivity index (χ1v) is 15.7. The monoisotopic (exact) mass is 599 g/mol. The molecule has 0 N–H and O–H groups in total. The van der Waals surface area contributed by atoms with Crippen LogP contribution in [0.15, 0.2) is 156 Å². The molecule has 0 radical (unpaired) electrons. The molecular weight excluding hydrogens is 574 g/mol. The van der Waals surface area contributed by atoms with E-state index in [1.165, 1.54) is 27.2 Å². The fourth-order valence-corrected chi connectivity index (χ4v) is 7.44. The summed E-state index contributed by atoms with van der Waals surface area (Å²) in [6, 6.07) is 55.7. The molecule has 0 aliphatic heterocycles. The van der Waals surface area contributed by atoms with E-state index in [1.807, 2.05) is 18.2 Å². The number of nitriles is 1. The fraction of sp³-hybridized carbons (Fsp3) is 0. The summed E-state index contributed by atoms with van der Waals surface area (Å²) >= 11 is 0. The van der Waals surface area contributed by atoms with E-state index in [1.54, 1.807) is 0 Å². The lowest BCUT2D eigenvalue weighted by atomic mass is 10.0. The molecule has 0 aliphatic carbocycles. The molecule has 0 saturated heterocycles. The Bertz CT molecular complexity index is 2880. The van der Waals surface area contributed by atoms with Crippen LogP contribution in [0.25, 0.3) is 88.1 Å². The van der Waals surface area contributed by atoms with Crippen LogP contribution in [0.3, 0.4) is 0 Å². The number of fused-ring (bicyclic) bond motifs is 9. The Morgan fingerprint density at radius 2 is 0.936 bits per heavy atom. The third kappa shape index (κ3) is 3.75. The van der Waals surface area contributed by atoms with Crippen LogP contribution < -0.4 is 0 Å². The summed E-state index contributed by atoms with van der Waals surface area (Å²) in [6.07, 6.45) is 0. The summed E-state index contributed by atoms with van der Waals surface area (Å²) in [5.41, 5.74) is 11.4. The fourth-order valence-electron chi connectivity index (χ4n) is 7.44. The van der Waals surface area contributed by atoms with Gasteiger partial charge in [-0.1, -0.05) is 78.9 Å². The Hall–Kier alpha value is -6.57. The lowest BCUT2D eigenvalue weighted by Crippen LogP contribution is -1.96. The molecule has 3 heterocycles. The zero-order valence-electron chi connectivity index (χ0n) is 25.2. The predicted molar refractivity (Wildman–Crippen MR) is 193 cm³/mol. The van der Waals surface area contributed by atoms with Crippen molar-refractivity contribution < 1.29 is 4.42 Å². The summed E-state index contributed by atoms with van der Waals surface area (Å²) in [5.74, 6) is 0. The largest absolute Gasteiger partial charge is 0.456 e. The third-order valence-corrected chi connectivity index (χ3v) is 9.51. The molecule has 10 aromatic rings. The number of furan rings is 1. The molecule has 0 atom stereocenters. The van der Waals surface area contributed by atoms with Gasteiger partial charge in [0.15, 0.2) is 0 Å². The highest BCUT2D eigenvalue weighted by Crippen LogP contribution is 2.39. The molecule has 4 heteroatoms. The van der Waals surface area contributed by atoms with Crippen LogP contribution >= 0.6 is 0 Å². The molecule has 0 aliphatic rings. The van der Waals surface area contributed by atoms with E-state index in [4.69, 9.17) is 4.42 Å². The van der Waals surface area contributed by atoms with Crippen molar-refractivity contribution >= 4 is 65.6 Å². The first-order chi connectivity index (χ1) is 23.2. The van der Waals surface area contributed by atoms with Gasteiger partial charge in [-0.3, -0.25) is 0 Å². The minimum absolute atomic E-state index is 0.622. The zero-order chi connectivity index (χ0) is 31.1. The standard InChI is InChI=1S/C43H25N3O/c44-26-27-19-20-42-36(21-27)37-24-41-35(25-43(37)47-42)34-15-3-6-18-40(34)46(41)31-12-8-10-29(23-31)28-9-7-11-30(22-28)45-38-16-4-1-13-32(38)33-14-2-5-17-39(33)45/h1-25H. The number of hydrogen-bond acceptors (Lipinski definition) is 2. The van der Waals surface area contributed by atoms with Gasteiger partial charge in [0.25, 0.3) is 0 Å². The van der Waals surface area contributed by atoms with Gasteiger partial charge in [-0.25, -0.2) is 0 Å². The quantitative estimate of drug-likeness (QED) is 0.203. The lowest BCUT2D eigenvalue weighted by Gasteiger charge is -2.12. The van der Waals surface area contributed by atoms with E-state index in [0.29, 0.717) is 5.56 Å². The number of nitrogens with zero attached hydrogens (tertiary/aromatic N) is 3. The van der Waals surface area contributed by atoms with Gasteiger partial charge in [-0.2, -0.15) is 5.26 Å². The van der Waals surface area contributed by atoms with E-state index in [2.05, 4.69) is 149 Å². The van der Waals surface area contributed by atoms with Crippen LogP contribution in [0.4, 0.5) is 0 Å². The topological polar surface area (TPSA) is 46.8 Å². The van der Waals surface area contributed by atoms with E-state index in [-0.39, 0.29) is 0 Å². The normalized spacial score (nSPS) is 11.8. The summed E-state index contributed by atoms with van der Waals surface area (Å²) in [6.45, 7) is 0. The summed E-state index contributed by atoms with van der Waals surface area (Å²) in [4.78, 5) is 0. The second kappa shape index (κ2) is 9.71. The van der Waals surface area contributed by atoms with Crippen LogP contribution in [-0.2, 0) is 0 Å². The maximum Gasteiger partial charge on any atom is 0.136 e. The van der Waals surface area contributed by atoms with Gasteiger partial charge in [-0.15, -0.1) is 0 Å². The highest BCUT2D eigenvalue weighted by Gasteiger charge is 2.17. The predicted octanol–water partition coefficient (Wildman–Crippen LogP) is 11.3. The Balaban J connectivity index is 1.18. The van der Waals surface area contributed by atoms with Crippen molar-refractivity contribution in [3.63, 3.8) is 0 Å². The van der Waals surface area contributed by atoms with Crippen molar-refractivity contribution in [2.75, 3.05) is 0 Å². The van der Waals surface area contributed by atoms with Crippen LogP contribution in [-0.4, -0.2) is 9.13 Å². The molecule has 0 saturated carbocycles. The average molecular weight is 600 g/mol. The van der Waals surface area contributed by atoms with Crippen LogP contribution in [0.2, 0.25) is 0 Å². The summed E-state index contributed by atoms with van der Waals surface area (Å²) in [5, 5.41) is 16.3. The first kappa shape index (κ1) is 25.7. The Kier molecular flexibility index (Phi) is 5.32. The van der Waals surface area contributed by atoms with E-state index in [0.717, 1.165) is 60.9 Å². The molecule has 218 valence electrons. The van der Waals surface area contributed by atoms with Crippen molar-refractivity contribution in [3.05, 3.63) is 157 Å². The maximum absolute atomic E-state index is 9.56. The second-order valence-electron chi connectivity index (χ2n) is 12.1. The Labute approximate surface area is 269 Å². The minimum Gasteiger partial charge on any atom is -0.456 e. The summed E-state index contributed by atoms with van der Waals surface area (Å²) in [7, 11) is 0. The number of aromatic nitrogens is 2. The molecular formula is C43H25N3O. The molecule has 10 rings (SSSR count). The SMILES string of the molecule is N#Cc1ccc2oc3cc4c5ccccc5n(-c5cccc(-c6cccc(-n7c8ccccc8c8ccccc87)c6)c5)c4cc3c2c1. The van der Waals surface area contributed by atoms with Crippen molar-refractivity contribution in [3.8, 4) is 28.6 Å². The van der Waals surface area contributed by atoms with E-state index >= 15 is 0 Å².